The molecule has 4 nitrogen and oxygen atoms in total. The topological polar surface area (TPSA) is 38.1 Å². The first-order chi connectivity index (χ1) is 12.0. The van der Waals surface area contributed by atoms with Crippen molar-refractivity contribution in [2.75, 3.05) is 14.1 Å². The molecule has 0 aliphatic carbocycles. The Kier molecular flexibility index (Phi) is 5.11. The quantitative estimate of drug-likeness (QED) is 0.558. The lowest BCUT2D eigenvalue weighted by molar-refractivity contribution is 0.388. The van der Waals surface area contributed by atoms with Gasteiger partial charge >= 0.3 is 0 Å². The third kappa shape index (κ3) is 3.86. The summed E-state index contributed by atoms with van der Waals surface area (Å²) in [5.41, 5.74) is -0.141. The first kappa shape index (κ1) is 17.5. The van der Waals surface area contributed by atoms with Crippen molar-refractivity contribution in [3.05, 3.63) is 69.5 Å². The molecular formula is C19H20FN3OS. The van der Waals surface area contributed by atoms with Crippen LogP contribution in [0.15, 0.2) is 47.5 Å². The normalized spacial score (nSPS) is 11.2. The second kappa shape index (κ2) is 7.29. The van der Waals surface area contributed by atoms with Crippen LogP contribution >= 0.6 is 11.3 Å². The van der Waals surface area contributed by atoms with Gasteiger partial charge in [-0.2, -0.15) is 0 Å². The van der Waals surface area contributed by atoms with Gasteiger partial charge in [-0.3, -0.25) is 9.36 Å². The van der Waals surface area contributed by atoms with Gasteiger partial charge in [0.05, 0.1) is 11.9 Å². The van der Waals surface area contributed by atoms with Crippen molar-refractivity contribution in [3.8, 4) is 5.00 Å². The Morgan fingerprint density at radius 2 is 2.04 bits per heavy atom. The van der Waals surface area contributed by atoms with Gasteiger partial charge in [-0.25, -0.2) is 9.37 Å². The number of aryl methyl sites for hydroxylation is 1. The van der Waals surface area contributed by atoms with Crippen molar-refractivity contribution in [3.63, 3.8) is 0 Å². The summed E-state index contributed by atoms with van der Waals surface area (Å²) in [7, 11) is 4.12. The summed E-state index contributed by atoms with van der Waals surface area (Å²) in [6.07, 6.45) is 5.00. The highest BCUT2D eigenvalue weighted by Gasteiger charge is 2.15. The molecule has 2 aromatic heterocycles. The first-order valence-corrected chi connectivity index (χ1v) is 8.92. The predicted octanol–water partition coefficient (Wildman–Crippen LogP) is 3.77. The van der Waals surface area contributed by atoms with Crippen LogP contribution in [0.4, 0.5) is 4.39 Å². The van der Waals surface area contributed by atoms with Crippen molar-refractivity contribution >= 4 is 22.1 Å². The van der Waals surface area contributed by atoms with E-state index in [0.717, 1.165) is 18.8 Å². The number of hydrogen-bond donors (Lipinski definition) is 0. The molecule has 25 heavy (non-hydrogen) atoms. The minimum absolute atomic E-state index is 0.141. The summed E-state index contributed by atoms with van der Waals surface area (Å²) in [5, 5.41) is 2.07. The monoisotopic (exact) mass is 357 g/mol. The van der Waals surface area contributed by atoms with Gasteiger partial charge in [-0.05, 0) is 38.7 Å². The summed E-state index contributed by atoms with van der Waals surface area (Å²) in [5.74, 6) is 0.701. The molecule has 0 spiro atoms. The number of rotatable bonds is 4. The number of fused-ring (bicyclic) bond motifs is 1. The van der Waals surface area contributed by atoms with Crippen LogP contribution in [0, 0.1) is 5.82 Å². The van der Waals surface area contributed by atoms with Crippen molar-refractivity contribution in [1.82, 2.24) is 14.5 Å². The molecule has 0 saturated carbocycles. The molecule has 0 amide bonds. The minimum atomic E-state index is -0.391. The van der Waals surface area contributed by atoms with Gasteiger partial charge in [0, 0.05) is 22.7 Å². The fourth-order valence-corrected chi connectivity index (χ4v) is 3.46. The van der Waals surface area contributed by atoms with Gasteiger partial charge in [-0.1, -0.05) is 19.1 Å². The van der Waals surface area contributed by atoms with E-state index in [1.807, 2.05) is 23.7 Å². The average molecular weight is 357 g/mol. The van der Waals surface area contributed by atoms with Crippen LogP contribution in [0.1, 0.15) is 17.6 Å². The van der Waals surface area contributed by atoms with Crippen molar-refractivity contribution in [2.45, 2.75) is 19.9 Å². The third-order valence-electron chi connectivity index (χ3n) is 3.83. The molecule has 0 saturated heterocycles. The smallest absolute Gasteiger partial charge is 0.197 e. The summed E-state index contributed by atoms with van der Waals surface area (Å²) in [4.78, 5) is 18.5. The zero-order chi connectivity index (χ0) is 18.0. The molecule has 6 heteroatoms. The molecule has 0 aliphatic rings. The average Bonchev–Trinajstić information content (AvgIpc) is 2.97. The lowest BCUT2D eigenvalue weighted by Crippen LogP contribution is -2.14. The van der Waals surface area contributed by atoms with Gasteiger partial charge in [0.25, 0.3) is 0 Å². The molecule has 2 aromatic carbocycles. The maximum atomic E-state index is 12.4. The van der Waals surface area contributed by atoms with Crippen molar-refractivity contribution in [2.24, 2.45) is 0 Å². The van der Waals surface area contributed by atoms with E-state index in [2.05, 4.69) is 47.6 Å². The second-order valence-electron chi connectivity index (χ2n) is 6.04. The Morgan fingerprint density at radius 1 is 1.24 bits per heavy atom. The zero-order valence-electron chi connectivity index (χ0n) is 14.5. The Balaban J connectivity index is 0.000000170. The Bertz CT molecular complexity index is 992. The molecule has 0 N–H and O–H groups in total. The highest BCUT2D eigenvalue weighted by Crippen LogP contribution is 2.22. The Hall–Kier alpha value is -2.31. The van der Waals surface area contributed by atoms with E-state index in [1.54, 1.807) is 12.1 Å². The van der Waals surface area contributed by atoms with E-state index >= 15 is 0 Å². The minimum Gasteiger partial charge on any atom is -0.302 e. The lowest BCUT2D eigenvalue weighted by Gasteiger charge is -2.10. The molecular weight excluding hydrogens is 337 g/mol. The molecule has 0 bridgehead atoms. The van der Waals surface area contributed by atoms with Crippen LogP contribution in [0.25, 0.3) is 15.8 Å². The molecule has 0 radical (unpaired) electrons. The van der Waals surface area contributed by atoms with E-state index in [1.165, 1.54) is 15.9 Å². The summed E-state index contributed by atoms with van der Waals surface area (Å²) in [6.45, 7) is 3.05. The van der Waals surface area contributed by atoms with Gasteiger partial charge in [0.15, 0.2) is 5.43 Å². The fraction of sp³-hybridized carbons (Fsp3) is 0.263. The maximum absolute atomic E-state index is 12.4. The summed E-state index contributed by atoms with van der Waals surface area (Å²) in [6, 6.07) is 8.83. The summed E-state index contributed by atoms with van der Waals surface area (Å²) < 4.78 is 14.6. The zero-order valence-corrected chi connectivity index (χ0v) is 15.3. The van der Waals surface area contributed by atoms with Gasteiger partial charge in [0.1, 0.15) is 16.6 Å². The highest BCUT2D eigenvalue weighted by molar-refractivity contribution is 7.14. The van der Waals surface area contributed by atoms with Crippen LogP contribution in [0.3, 0.4) is 0 Å². The lowest BCUT2D eigenvalue weighted by atomic mass is 10.4. The first-order valence-electron chi connectivity index (χ1n) is 8.10. The third-order valence-corrected chi connectivity index (χ3v) is 5.06. The highest BCUT2D eigenvalue weighted by atomic mass is 32.1. The van der Waals surface area contributed by atoms with Crippen LogP contribution in [-0.2, 0) is 13.0 Å². The van der Waals surface area contributed by atoms with Crippen molar-refractivity contribution < 1.29 is 4.39 Å². The van der Waals surface area contributed by atoms with E-state index in [4.69, 9.17) is 0 Å². The van der Waals surface area contributed by atoms with Crippen LogP contribution in [0.2, 0.25) is 0 Å². The van der Waals surface area contributed by atoms with E-state index < -0.39 is 5.82 Å². The van der Waals surface area contributed by atoms with Crippen LogP contribution in [-0.4, -0.2) is 28.5 Å². The van der Waals surface area contributed by atoms with Gasteiger partial charge in [-0.15, -0.1) is 11.3 Å². The molecule has 4 rings (SSSR count). The van der Waals surface area contributed by atoms with E-state index in [0.29, 0.717) is 5.39 Å². The Morgan fingerprint density at radius 3 is 2.64 bits per heavy atom. The molecule has 0 atom stereocenters. The molecule has 130 valence electrons. The SMILES string of the molecule is CCc1ccc(-n2ccnc2CN(C)C)s1.O=c1c2cccc(F)c12. The number of hydrogen-bond acceptors (Lipinski definition) is 4. The number of benzene rings is 1. The molecule has 4 aromatic rings. The fourth-order valence-electron chi connectivity index (χ4n) is 2.51. The predicted molar refractivity (Wildman–Crippen MR) is 101 cm³/mol. The van der Waals surface area contributed by atoms with E-state index in [9.17, 15) is 9.18 Å². The van der Waals surface area contributed by atoms with Gasteiger partial charge < -0.3 is 4.90 Å². The molecule has 2 heterocycles. The number of halogens is 1. The van der Waals surface area contributed by atoms with E-state index in [-0.39, 0.29) is 10.8 Å². The second-order valence-corrected chi connectivity index (χ2v) is 7.18. The Labute approximate surface area is 149 Å². The maximum Gasteiger partial charge on any atom is 0.197 e. The molecule has 0 unspecified atom stereocenters. The molecule has 0 fully saturated rings. The number of thiophene rings is 1. The largest absolute Gasteiger partial charge is 0.302 e. The number of imidazole rings is 1. The van der Waals surface area contributed by atoms with Gasteiger partial charge in [0.2, 0.25) is 0 Å². The standard InChI is InChI=1S/C12H17N3S.C7H3FO/c1-4-10-5-6-12(16-10)15-8-7-13-11(15)9-14(2)3;8-5-3-1-2-4-6(5)7(4)9/h5-8H,4,9H2,1-3H3;1-3H. The number of aromatic nitrogens is 2. The van der Waals surface area contributed by atoms with Crippen LogP contribution in [0.5, 0.6) is 0 Å². The van der Waals surface area contributed by atoms with Crippen molar-refractivity contribution in [1.29, 1.82) is 0 Å². The number of nitrogens with zero attached hydrogens (tertiary/aromatic N) is 3. The molecule has 0 aliphatic heterocycles. The summed E-state index contributed by atoms with van der Waals surface area (Å²) >= 11 is 1.84. The van der Waals surface area contributed by atoms with Crippen LogP contribution < -0.4 is 5.43 Å².